The van der Waals surface area contributed by atoms with Gasteiger partial charge in [0.2, 0.25) is 5.91 Å². The normalized spacial score (nSPS) is 15.3. The van der Waals surface area contributed by atoms with Crippen LogP contribution in [0.3, 0.4) is 0 Å². The molecule has 4 heteroatoms. The van der Waals surface area contributed by atoms with E-state index in [4.69, 9.17) is 0 Å². The van der Waals surface area contributed by atoms with E-state index in [0.29, 0.717) is 6.42 Å². The summed E-state index contributed by atoms with van der Waals surface area (Å²) in [4.78, 5) is 18.0. The minimum Gasteiger partial charge on any atom is -0.361 e. The summed E-state index contributed by atoms with van der Waals surface area (Å²) in [6.45, 7) is 0.776. The lowest BCUT2D eigenvalue weighted by atomic mass is 9.94. The molecule has 1 heterocycles. The first-order chi connectivity index (χ1) is 12.1. The number of aromatic amines is 1. The third-order valence-corrected chi connectivity index (χ3v) is 6.05. The second-order valence-corrected chi connectivity index (χ2v) is 7.90. The van der Waals surface area contributed by atoms with E-state index in [-0.39, 0.29) is 11.3 Å². The van der Waals surface area contributed by atoms with Crippen LogP contribution >= 0.6 is 15.9 Å². The number of carbonyl (C=O) groups is 1. The van der Waals surface area contributed by atoms with E-state index >= 15 is 0 Å². The van der Waals surface area contributed by atoms with Crippen LogP contribution in [0.2, 0.25) is 0 Å². The van der Waals surface area contributed by atoms with E-state index in [1.54, 1.807) is 0 Å². The minimum absolute atomic E-state index is 0.109. The Morgan fingerprint density at radius 1 is 1.16 bits per heavy atom. The molecule has 0 saturated heterocycles. The maximum atomic E-state index is 12.7. The smallest absolute Gasteiger partial charge is 0.226 e. The van der Waals surface area contributed by atoms with E-state index in [0.717, 1.165) is 29.4 Å². The first kappa shape index (κ1) is 16.4. The fraction of sp³-hybridized carbons (Fsp3) is 0.286. The van der Waals surface area contributed by atoms with Gasteiger partial charge in [-0.2, -0.15) is 0 Å². The summed E-state index contributed by atoms with van der Waals surface area (Å²) in [5.41, 5.74) is 3.67. The number of nitrogens with zero attached hydrogens (tertiary/aromatic N) is 1. The van der Waals surface area contributed by atoms with Gasteiger partial charge in [0.1, 0.15) is 0 Å². The Bertz CT molecular complexity index is 926. The van der Waals surface area contributed by atoms with Crippen LogP contribution < -0.4 is 0 Å². The molecule has 1 aromatic heterocycles. The molecule has 25 heavy (non-hydrogen) atoms. The summed E-state index contributed by atoms with van der Waals surface area (Å²) < 4.78 is 0.995. The van der Waals surface area contributed by atoms with Crippen molar-refractivity contribution < 1.29 is 4.79 Å². The fourth-order valence-corrected chi connectivity index (χ4v) is 4.08. The number of para-hydroxylation sites is 1. The summed E-state index contributed by atoms with van der Waals surface area (Å²) in [6.07, 6.45) is 4.84. The number of rotatable bonds is 5. The zero-order valence-corrected chi connectivity index (χ0v) is 15.8. The highest BCUT2D eigenvalue weighted by Crippen LogP contribution is 2.50. The van der Waals surface area contributed by atoms with Gasteiger partial charge in [0, 0.05) is 40.6 Å². The number of likely N-dealkylation sites (N-methyl/N-ethyl adjacent to an activating group) is 1. The van der Waals surface area contributed by atoms with Gasteiger partial charge in [-0.05, 0) is 36.1 Å². The van der Waals surface area contributed by atoms with E-state index in [9.17, 15) is 4.79 Å². The van der Waals surface area contributed by atoms with Gasteiger partial charge >= 0.3 is 0 Å². The van der Waals surface area contributed by atoms with Gasteiger partial charge in [0.05, 0.1) is 6.42 Å². The van der Waals surface area contributed by atoms with Crippen molar-refractivity contribution in [2.75, 3.05) is 13.6 Å². The highest BCUT2D eigenvalue weighted by Gasteiger charge is 2.47. The molecule has 0 atom stereocenters. The minimum atomic E-state index is 0.109. The summed E-state index contributed by atoms with van der Waals surface area (Å²) in [5.74, 6) is 0.165. The van der Waals surface area contributed by atoms with Gasteiger partial charge in [0.15, 0.2) is 0 Å². The average Bonchev–Trinajstić information content (AvgIpc) is 3.25. The summed E-state index contributed by atoms with van der Waals surface area (Å²) in [6, 6.07) is 16.3. The molecule has 0 unspecified atom stereocenters. The predicted octanol–water partition coefficient (Wildman–Crippen LogP) is 4.66. The molecule has 128 valence electrons. The van der Waals surface area contributed by atoms with Gasteiger partial charge < -0.3 is 9.88 Å². The Morgan fingerprint density at radius 2 is 1.88 bits per heavy atom. The molecule has 0 spiro atoms. The highest BCUT2D eigenvalue weighted by atomic mass is 79.9. The lowest BCUT2D eigenvalue weighted by Crippen LogP contribution is -2.35. The van der Waals surface area contributed by atoms with Crippen molar-refractivity contribution in [2.24, 2.45) is 0 Å². The Kier molecular flexibility index (Phi) is 4.16. The summed E-state index contributed by atoms with van der Waals surface area (Å²) in [7, 11) is 1.92. The number of hydrogen-bond donors (Lipinski definition) is 1. The zero-order valence-electron chi connectivity index (χ0n) is 14.3. The van der Waals surface area contributed by atoms with Crippen LogP contribution in [0.4, 0.5) is 0 Å². The van der Waals surface area contributed by atoms with E-state index in [2.05, 4.69) is 51.4 Å². The lowest BCUT2D eigenvalue weighted by Gasteiger charge is -2.24. The van der Waals surface area contributed by atoms with Crippen molar-refractivity contribution in [3.8, 4) is 0 Å². The van der Waals surface area contributed by atoms with Crippen LogP contribution in [0.25, 0.3) is 10.9 Å². The van der Waals surface area contributed by atoms with Crippen LogP contribution in [0.1, 0.15) is 24.0 Å². The number of aromatic nitrogens is 1. The zero-order chi connectivity index (χ0) is 17.4. The maximum Gasteiger partial charge on any atom is 0.226 e. The number of amides is 1. The largest absolute Gasteiger partial charge is 0.361 e. The Labute approximate surface area is 156 Å². The third-order valence-electron chi connectivity index (χ3n) is 5.28. The van der Waals surface area contributed by atoms with Gasteiger partial charge in [-0.3, -0.25) is 4.79 Å². The van der Waals surface area contributed by atoms with E-state index < -0.39 is 0 Å². The molecule has 2 aromatic carbocycles. The molecular weight excluding hydrogens is 376 g/mol. The van der Waals surface area contributed by atoms with Crippen LogP contribution in [0, 0.1) is 0 Å². The van der Waals surface area contributed by atoms with Crippen LogP contribution in [0.15, 0.2) is 59.2 Å². The monoisotopic (exact) mass is 396 g/mol. The van der Waals surface area contributed by atoms with Gasteiger partial charge in [-0.15, -0.1) is 0 Å². The van der Waals surface area contributed by atoms with Crippen molar-refractivity contribution in [3.05, 3.63) is 70.3 Å². The number of hydrogen-bond acceptors (Lipinski definition) is 1. The Hall–Kier alpha value is -2.07. The Morgan fingerprint density at radius 3 is 2.64 bits per heavy atom. The average molecular weight is 397 g/mol. The number of halogens is 1. The first-order valence-electron chi connectivity index (χ1n) is 8.63. The van der Waals surface area contributed by atoms with Crippen molar-refractivity contribution in [3.63, 3.8) is 0 Å². The maximum absolute atomic E-state index is 12.7. The van der Waals surface area contributed by atoms with Crippen LogP contribution in [-0.2, 0) is 16.6 Å². The third kappa shape index (κ3) is 3.11. The SMILES string of the molecule is CN(CC1(c2c[nH]c3ccccc23)CC1)C(=O)Cc1ccccc1Br. The fourth-order valence-electron chi connectivity index (χ4n) is 3.66. The number of H-pyrrole nitrogens is 1. The molecule has 1 fully saturated rings. The molecule has 3 aromatic rings. The first-order valence-corrected chi connectivity index (χ1v) is 9.42. The second-order valence-electron chi connectivity index (χ2n) is 7.05. The second kappa shape index (κ2) is 6.34. The molecule has 4 rings (SSSR count). The molecule has 1 saturated carbocycles. The topological polar surface area (TPSA) is 36.1 Å². The molecular formula is C21H21BrN2O. The lowest BCUT2D eigenvalue weighted by molar-refractivity contribution is -0.129. The molecule has 1 amide bonds. The molecule has 1 N–H and O–H groups in total. The molecule has 0 bridgehead atoms. The molecule has 0 aliphatic heterocycles. The van der Waals surface area contributed by atoms with Crippen molar-refractivity contribution in [1.29, 1.82) is 0 Å². The quantitative estimate of drug-likeness (QED) is 0.668. The van der Waals surface area contributed by atoms with E-state index in [1.807, 2.05) is 36.2 Å². The molecule has 3 nitrogen and oxygen atoms in total. The number of benzene rings is 2. The highest BCUT2D eigenvalue weighted by molar-refractivity contribution is 9.10. The number of nitrogens with one attached hydrogen (secondary N) is 1. The van der Waals surface area contributed by atoms with Crippen LogP contribution in [-0.4, -0.2) is 29.4 Å². The number of fused-ring (bicyclic) bond motifs is 1. The number of carbonyl (C=O) groups excluding carboxylic acids is 1. The molecule has 1 aliphatic rings. The van der Waals surface area contributed by atoms with Crippen molar-refractivity contribution >= 4 is 32.7 Å². The predicted molar refractivity (Wildman–Crippen MR) is 105 cm³/mol. The van der Waals surface area contributed by atoms with Crippen molar-refractivity contribution in [1.82, 2.24) is 9.88 Å². The molecule has 0 radical (unpaired) electrons. The molecule has 1 aliphatic carbocycles. The van der Waals surface area contributed by atoms with Gasteiger partial charge in [-0.25, -0.2) is 0 Å². The van der Waals surface area contributed by atoms with Crippen LogP contribution in [0.5, 0.6) is 0 Å². The van der Waals surface area contributed by atoms with Gasteiger partial charge in [-0.1, -0.05) is 52.3 Å². The summed E-state index contributed by atoms with van der Waals surface area (Å²) >= 11 is 3.53. The van der Waals surface area contributed by atoms with Crippen molar-refractivity contribution in [2.45, 2.75) is 24.7 Å². The van der Waals surface area contributed by atoms with E-state index in [1.165, 1.54) is 16.5 Å². The standard InChI is InChI=1S/C21H21BrN2O/c1-24(20(25)12-15-6-2-4-8-18(15)22)14-21(10-11-21)17-13-23-19-9-5-3-7-16(17)19/h2-9,13,23H,10-12,14H2,1H3. The summed E-state index contributed by atoms with van der Waals surface area (Å²) in [5, 5.41) is 1.28. The van der Waals surface area contributed by atoms with Gasteiger partial charge in [0.25, 0.3) is 0 Å². The Balaban J connectivity index is 1.51.